The van der Waals surface area contributed by atoms with Gasteiger partial charge in [-0.1, -0.05) is 24.2 Å². The van der Waals surface area contributed by atoms with E-state index >= 15 is 0 Å². The molecule has 2 heterocycles. The van der Waals surface area contributed by atoms with Crippen LogP contribution in [0.1, 0.15) is 58.4 Å². The van der Waals surface area contributed by atoms with Crippen molar-refractivity contribution < 1.29 is 13.7 Å². The lowest BCUT2D eigenvalue weighted by Gasteiger charge is -2.05. The van der Waals surface area contributed by atoms with E-state index in [2.05, 4.69) is 15.1 Å². The summed E-state index contributed by atoms with van der Waals surface area (Å²) >= 11 is 1.45. The van der Waals surface area contributed by atoms with E-state index in [0.717, 1.165) is 28.4 Å². The molecule has 0 spiro atoms. The van der Waals surface area contributed by atoms with E-state index in [0.29, 0.717) is 23.7 Å². The van der Waals surface area contributed by atoms with Gasteiger partial charge in [0, 0.05) is 17.9 Å². The fraction of sp³-hybridized carbons (Fsp3) is 0.368. The molecule has 0 aliphatic heterocycles. The third-order valence-corrected chi connectivity index (χ3v) is 5.26. The van der Waals surface area contributed by atoms with Gasteiger partial charge < -0.3 is 4.52 Å². The maximum absolute atomic E-state index is 13.3. The topological polar surface area (TPSA) is 68.9 Å². The Hall–Kier alpha value is -2.41. The van der Waals surface area contributed by atoms with Gasteiger partial charge in [-0.05, 0) is 38.8 Å². The van der Waals surface area contributed by atoms with Crippen molar-refractivity contribution in [1.29, 1.82) is 0 Å². The average Bonchev–Trinajstić information content (AvgIpc) is 3.21. The number of Topliss-reactive ketones (excluding diaryl/α,β-unsaturated/α-hetero) is 1. The zero-order valence-electron chi connectivity index (χ0n) is 15.0. The van der Waals surface area contributed by atoms with Crippen LogP contribution >= 0.6 is 11.3 Å². The Morgan fingerprint density at radius 1 is 1.31 bits per heavy atom. The van der Waals surface area contributed by atoms with Crippen LogP contribution in [0, 0.1) is 19.7 Å². The van der Waals surface area contributed by atoms with E-state index in [1.165, 1.54) is 23.5 Å². The Morgan fingerprint density at radius 3 is 2.81 bits per heavy atom. The number of nitrogens with zero attached hydrogens (tertiary/aromatic N) is 3. The normalized spacial score (nSPS) is 12.3. The smallest absolute Gasteiger partial charge is 0.229 e. The summed E-state index contributed by atoms with van der Waals surface area (Å²) in [5.41, 5.74) is 1.39. The number of halogens is 1. The van der Waals surface area contributed by atoms with Crippen LogP contribution in [0.2, 0.25) is 0 Å². The van der Waals surface area contributed by atoms with Gasteiger partial charge >= 0.3 is 0 Å². The van der Waals surface area contributed by atoms with Crippen molar-refractivity contribution in [3.8, 4) is 11.4 Å². The highest BCUT2D eigenvalue weighted by Crippen LogP contribution is 2.25. The molecule has 3 rings (SSSR count). The van der Waals surface area contributed by atoms with Gasteiger partial charge in [0.25, 0.3) is 0 Å². The SMILES string of the molecule is Cc1nc(C)c(C(=O)CCC[C@H](C)c2nc(-c3cccc(F)c3)no2)s1. The molecule has 0 bridgehead atoms. The quantitative estimate of drug-likeness (QED) is 0.539. The Morgan fingerprint density at radius 2 is 2.12 bits per heavy atom. The number of carbonyl (C=O) groups excluding carboxylic acids is 1. The van der Waals surface area contributed by atoms with Crippen LogP contribution in [0.4, 0.5) is 4.39 Å². The zero-order valence-corrected chi connectivity index (χ0v) is 15.8. The minimum atomic E-state index is -0.339. The van der Waals surface area contributed by atoms with Gasteiger partial charge in [0.2, 0.25) is 11.7 Å². The Labute approximate surface area is 155 Å². The summed E-state index contributed by atoms with van der Waals surface area (Å²) in [6.07, 6.45) is 1.96. The molecule has 7 heteroatoms. The fourth-order valence-electron chi connectivity index (χ4n) is 2.78. The number of carbonyl (C=O) groups is 1. The number of hydrogen-bond acceptors (Lipinski definition) is 6. The Kier molecular flexibility index (Phi) is 5.56. The number of aromatic nitrogens is 3. The highest BCUT2D eigenvalue weighted by Gasteiger charge is 2.18. The van der Waals surface area contributed by atoms with E-state index in [1.807, 2.05) is 20.8 Å². The van der Waals surface area contributed by atoms with Crippen LogP contribution in [0.15, 0.2) is 28.8 Å². The Balaban J connectivity index is 1.56. The number of hydrogen-bond donors (Lipinski definition) is 0. The third kappa shape index (κ3) is 4.22. The molecule has 0 N–H and O–H groups in total. The van der Waals surface area contributed by atoms with Crippen LogP contribution < -0.4 is 0 Å². The molecule has 1 aromatic carbocycles. The minimum absolute atomic E-state index is 0.0295. The third-order valence-electron chi connectivity index (χ3n) is 4.14. The highest BCUT2D eigenvalue weighted by atomic mass is 32.1. The van der Waals surface area contributed by atoms with Gasteiger partial charge in [-0.3, -0.25) is 4.79 Å². The first-order valence-electron chi connectivity index (χ1n) is 8.51. The molecule has 0 fully saturated rings. The van der Waals surface area contributed by atoms with E-state index in [9.17, 15) is 9.18 Å². The first-order valence-corrected chi connectivity index (χ1v) is 9.32. The molecule has 136 valence electrons. The second kappa shape index (κ2) is 7.86. The summed E-state index contributed by atoms with van der Waals surface area (Å²) in [7, 11) is 0. The summed E-state index contributed by atoms with van der Waals surface area (Å²) in [5.74, 6) is 0.696. The number of benzene rings is 1. The molecule has 2 aromatic heterocycles. The van der Waals surface area contributed by atoms with Gasteiger partial charge in [0.15, 0.2) is 5.78 Å². The van der Waals surface area contributed by atoms with E-state index in [4.69, 9.17) is 4.52 Å². The van der Waals surface area contributed by atoms with Crippen molar-refractivity contribution >= 4 is 17.1 Å². The van der Waals surface area contributed by atoms with Crippen molar-refractivity contribution in [3.05, 3.63) is 51.6 Å². The summed E-state index contributed by atoms with van der Waals surface area (Å²) in [4.78, 5) is 21.7. The molecule has 0 aliphatic rings. The first-order chi connectivity index (χ1) is 12.4. The van der Waals surface area contributed by atoms with Crippen LogP contribution in [-0.4, -0.2) is 20.9 Å². The molecular formula is C19H20FN3O2S. The Bertz CT molecular complexity index is 919. The highest BCUT2D eigenvalue weighted by molar-refractivity contribution is 7.13. The second-order valence-electron chi connectivity index (χ2n) is 6.33. The zero-order chi connectivity index (χ0) is 18.7. The van der Waals surface area contributed by atoms with Crippen molar-refractivity contribution in [2.45, 2.75) is 46.0 Å². The minimum Gasteiger partial charge on any atom is -0.339 e. The van der Waals surface area contributed by atoms with Gasteiger partial charge in [0.05, 0.1) is 15.6 Å². The van der Waals surface area contributed by atoms with Gasteiger partial charge in [-0.15, -0.1) is 11.3 Å². The molecule has 0 amide bonds. The molecule has 1 atom stereocenters. The number of rotatable bonds is 7. The first kappa shape index (κ1) is 18.4. The molecule has 26 heavy (non-hydrogen) atoms. The number of ketones is 1. The van der Waals surface area contributed by atoms with Crippen LogP contribution in [-0.2, 0) is 0 Å². The van der Waals surface area contributed by atoms with Crippen LogP contribution in [0.25, 0.3) is 11.4 Å². The summed E-state index contributed by atoms with van der Waals surface area (Å²) in [6.45, 7) is 5.75. The predicted octanol–water partition coefficient (Wildman–Crippen LogP) is 5.11. The van der Waals surface area contributed by atoms with Crippen molar-refractivity contribution in [2.75, 3.05) is 0 Å². The second-order valence-corrected chi connectivity index (χ2v) is 7.53. The number of aryl methyl sites for hydroxylation is 2. The largest absolute Gasteiger partial charge is 0.339 e. The van der Waals surface area contributed by atoms with E-state index < -0.39 is 0 Å². The molecular weight excluding hydrogens is 353 g/mol. The molecule has 0 aliphatic carbocycles. The standard InChI is InChI=1S/C19H20FN3O2S/c1-11(6-4-9-16(24)17-12(2)21-13(3)26-17)19-22-18(23-25-19)14-7-5-8-15(20)10-14/h5,7-8,10-11H,4,6,9H2,1-3H3/t11-/m0/s1. The lowest BCUT2D eigenvalue weighted by atomic mass is 10.0. The molecule has 0 unspecified atom stereocenters. The maximum atomic E-state index is 13.3. The van der Waals surface area contributed by atoms with E-state index in [1.54, 1.807) is 12.1 Å². The molecule has 0 saturated heterocycles. The summed E-state index contributed by atoms with van der Waals surface area (Å²) < 4.78 is 18.6. The molecule has 0 radical (unpaired) electrons. The molecule has 3 aromatic rings. The van der Waals surface area contributed by atoms with E-state index in [-0.39, 0.29) is 17.5 Å². The lowest BCUT2D eigenvalue weighted by molar-refractivity contribution is 0.0981. The summed E-state index contributed by atoms with van der Waals surface area (Å²) in [6, 6.07) is 6.09. The van der Waals surface area contributed by atoms with Gasteiger partial charge in [-0.25, -0.2) is 9.37 Å². The van der Waals surface area contributed by atoms with Crippen LogP contribution in [0.3, 0.4) is 0 Å². The lowest BCUT2D eigenvalue weighted by Crippen LogP contribution is -2.01. The summed E-state index contributed by atoms with van der Waals surface area (Å²) in [5, 5.41) is 4.84. The molecule has 5 nitrogen and oxygen atoms in total. The monoisotopic (exact) mass is 373 g/mol. The maximum Gasteiger partial charge on any atom is 0.229 e. The average molecular weight is 373 g/mol. The molecule has 0 saturated carbocycles. The number of thiazole rings is 1. The fourth-order valence-corrected chi connectivity index (χ4v) is 3.66. The van der Waals surface area contributed by atoms with Crippen molar-refractivity contribution in [2.24, 2.45) is 0 Å². The predicted molar refractivity (Wildman–Crippen MR) is 97.9 cm³/mol. The van der Waals surface area contributed by atoms with Crippen LogP contribution in [0.5, 0.6) is 0 Å². The van der Waals surface area contributed by atoms with Gasteiger partial charge in [0.1, 0.15) is 5.82 Å². The van der Waals surface area contributed by atoms with Crippen molar-refractivity contribution in [1.82, 2.24) is 15.1 Å². The van der Waals surface area contributed by atoms with Crippen molar-refractivity contribution in [3.63, 3.8) is 0 Å². The van der Waals surface area contributed by atoms with Gasteiger partial charge in [-0.2, -0.15) is 4.98 Å².